The van der Waals surface area contributed by atoms with Crippen LogP contribution in [0.15, 0.2) is 48.7 Å². The Morgan fingerprint density at radius 2 is 1.65 bits per heavy atom. The highest BCUT2D eigenvalue weighted by Gasteiger charge is 2.09. The standard InChI is InChI=1S/C21H21NO4/c1-4-26-21(23)9-14-5-7-15(8-6-14)17-10-16-11-19(24-2)20(25-3)12-18(16)22-13-17/h5-8,10-13H,4,9H2,1-3H3. The van der Waals surface area contributed by atoms with Gasteiger partial charge in [0.2, 0.25) is 0 Å². The molecule has 1 aromatic heterocycles. The zero-order valence-electron chi connectivity index (χ0n) is 15.1. The van der Waals surface area contributed by atoms with Gasteiger partial charge in [0.05, 0.1) is 32.8 Å². The number of nitrogens with zero attached hydrogens (tertiary/aromatic N) is 1. The molecule has 0 aliphatic carbocycles. The maximum atomic E-state index is 11.6. The predicted octanol–water partition coefficient (Wildman–Crippen LogP) is 4.02. The van der Waals surface area contributed by atoms with E-state index in [0.717, 1.165) is 27.6 Å². The highest BCUT2D eigenvalue weighted by molar-refractivity contribution is 5.86. The average Bonchev–Trinajstić information content (AvgIpc) is 2.67. The molecule has 134 valence electrons. The molecular weight excluding hydrogens is 330 g/mol. The summed E-state index contributed by atoms with van der Waals surface area (Å²) in [5.74, 6) is 1.11. The molecule has 5 nitrogen and oxygen atoms in total. The minimum Gasteiger partial charge on any atom is -0.493 e. The first-order valence-corrected chi connectivity index (χ1v) is 8.41. The van der Waals surface area contributed by atoms with E-state index in [1.54, 1.807) is 21.1 Å². The number of pyridine rings is 1. The normalized spacial score (nSPS) is 10.6. The fraction of sp³-hybridized carbons (Fsp3) is 0.238. The number of hydrogen-bond donors (Lipinski definition) is 0. The molecule has 2 aromatic carbocycles. The van der Waals surface area contributed by atoms with Gasteiger partial charge in [-0.3, -0.25) is 9.78 Å². The van der Waals surface area contributed by atoms with Gasteiger partial charge in [-0.2, -0.15) is 0 Å². The summed E-state index contributed by atoms with van der Waals surface area (Å²) >= 11 is 0. The molecule has 26 heavy (non-hydrogen) atoms. The van der Waals surface area contributed by atoms with Crippen LogP contribution in [-0.4, -0.2) is 31.8 Å². The summed E-state index contributed by atoms with van der Waals surface area (Å²) in [5, 5.41) is 0.968. The molecule has 0 radical (unpaired) electrons. The lowest BCUT2D eigenvalue weighted by Gasteiger charge is -2.10. The molecule has 0 N–H and O–H groups in total. The van der Waals surface area contributed by atoms with Gasteiger partial charge in [0, 0.05) is 23.2 Å². The molecule has 0 atom stereocenters. The lowest BCUT2D eigenvalue weighted by atomic mass is 10.0. The zero-order chi connectivity index (χ0) is 18.5. The van der Waals surface area contributed by atoms with Crippen molar-refractivity contribution >= 4 is 16.9 Å². The Bertz CT molecular complexity index is 919. The van der Waals surface area contributed by atoms with E-state index in [-0.39, 0.29) is 12.4 Å². The van der Waals surface area contributed by atoms with Crippen molar-refractivity contribution in [3.05, 3.63) is 54.2 Å². The summed E-state index contributed by atoms with van der Waals surface area (Å²) in [6.07, 6.45) is 2.11. The molecule has 0 fully saturated rings. The van der Waals surface area contributed by atoms with Crippen LogP contribution in [0.3, 0.4) is 0 Å². The molecule has 0 aliphatic rings. The Morgan fingerprint density at radius 3 is 2.31 bits per heavy atom. The van der Waals surface area contributed by atoms with Crippen molar-refractivity contribution in [1.82, 2.24) is 4.98 Å². The van der Waals surface area contributed by atoms with Gasteiger partial charge >= 0.3 is 5.97 Å². The van der Waals surface area contributed by atoms with Crippen LogP contribution in [0.25, 0.3) is 22.0 Å². The highest BCUT2D eigenvalue weighted by Crippen LogP contribution is 2.33. The Labute approximate surface area is 152 Å². The molecule has 3 rings (SSSR count). The summed E-state index contributed by atoms with van der Waals surface area (Å²) in [6.45, 7) is 2.20. The summed E-state index contributed by atoms with van der Waals surface area (Å²) in [4.78, 5) is 16.1. The van der Waals surface area contributed by atoms with Crippen LogP contribution in [0.5, 0.6) is 11.5 Å². The second-order valence-corrected chi connectivity index (χ2v) is 5.80. The number of carbonyl (C=O) groups excluding carboxylic acids is 1. The van der Waals surface area contributed by atoms with Gasteiger partial charge in [-0.25, -0.2) is 0 Å². The van der Waals surface area contributed by atoms with Crippen LogP contribution in [0.1, 0.15) is 12.5 Å². The summed E-state index contributed by atoms with van der Waals surface area (Å²) in [5.41, 5.74) is 3.78. The molecule has 3 aromatic rings. The van der Waals surface area contributed by atoms with E-state index in [1.165, 1.54) is 0 Å². The van der Waals surface area contributed by atoms with E-state index in [1.807, 2.05) is 42.6 Å². The van der Waals surface area contributed by atoms with Crippen molar-refractivity contribution in [3.8, 4) is 22.6 Å². The number of aromatic nitrogens is 1. The quantitative estimate of drug-likeness (QED) is 0.628. The average molecular weight is 351 g/mol. The molecule has 5 heteroatoms. The van der Waals surface area contributed by atoms with Crippen molar-refractivity contribution < 1.29 is 19.0 Å². The molecule has 0 saturated heterocycles. The van der Waals surface area contributed by atoms with Gasteiger partial charge in [0.25, 0.3) is 0 Å². The first-order chi connectivity index (χ1) is 12.6. The fourth-order valence-electron chi connectivity index (χ4n) is 2.81. The zero-order valence-corrected chi connectivity index (χ0v) is 15.1. The highest BCUT2D eigenvalue weighted by atomic mass is 16.5. The lowest BCUT2D eigenvalue weighted by Crippen LogP contribution is -2.07. The third kappa shape index (κ3) is 3.77. The molecule has 0 saturated carbocycles. The van der Waals surface area contributed by atoms with E-state index < -0.39 is 0 Å². The van der Waals surface area contributed by atoms with Gasteiger partial charge in [0.15, 0.2) is 11.5 Å². The molecular formula is C21H21NO4. The Morgan fingerprint density at radius 1 is 0.962 bits per heavy atom. The SMILES string of the molecule is CCOC(=O)Cc1ccc(-c2cnc3cc(OC)c(OC)cc3c2)cc1. The van der Waals surface area contributed by atoms with Crippen LogP contribution < -0.4 is 9.47 Å². The molecule has 0 amide bonds. The first kappa shape index (κ1) is 17.7. The van der Waals surface area contributed by atoms with Crippen LogP contribution in [0, 0.1) is 0 Å². The van der Waals surface area contributed by atoms with E-state index in [4.69, 9.17) is 14.2 Å². The summed E-state index contributed by atoms with van der Waals surface area (Å²) in [7, 11) is 3.22. The van der Waals surface area contributed by atoms with E-state index in [0.29, 0.717) is 18.1 Å². The summed E-state index contributed by atoms with van der Waals surface area (Å²) in [6, 6.07) is 13.7. The van der Waals surface area contributed by atoms with Gasteiger partial charge < -0.3 is 14.2 Å². The maximum absolute atomic E-state index is 11.6. The van der Waals surface area contributed by atoms with Crippen LogP contribution in [-0.2, 0) is 16.0 Å². The Kier molecular flexibility index (Phi) is 5.37. The monoisotopic (exact) mass is 351 g/mol. The number of hydrogen-bond acceptors (Lipinski definition) is 5. The molecule has 0 aliphatic heterocycles. The lowest BCUT2D eigenvalue weighted by molar-refractivity contribution is -0.142. The summed E-state index contributed by atoms with van der Waals surface area (Å²) < 4.78 is 15.7. The van der Waals surface area contributed by atoms with E-state index >= 15 is 0 Å². The number of methoxy groups -OCH3 is 2. The number of rotatable bonds is 6. The van der Waals surface area contributed by atoms with E-state index in [9.17, 15) is 4.79 Å². The molecule has 0 unspecified atom stereocenters. The van der Waals surface area contributed by atoms with E-state index in [2.05, 4.69) is 11.1 Å². The maximum Gasteiger partial charge on any atom is 0.310 e. The topological polar surface area (TPSA) is 57.7 Å². The number of benzene rings is 2. The molecule has 0 bridgehead atoms. The van der Waals surface area contributed by atoms with Gasteiger partial charge in [-0.15, -0.1) is 0 Å². The third-order valence-corrected chi connectivity index (χ3v) is 4.13. The number of esters is 1. The Hall–Kier alpha value is -3.08. The van der Waals surface area contributed by atoms with Gasteiger partial charge in [-0.1, -0.05) is 24.3 Å². The van der Waals surface area contributed by atoms with Crippen molar-refractivity contribution in [2.24, 2.45) is 0 Å². The fourth-order valence-corrected chi connectivity index (χ4v) is 2.81. The second-order valence-electron chi connectivity index (χ2n) is 5.80. The largest absolute Gasteiger partial charge is 0.493 e. The van der Waals surface area contributed by atoms with Crippen molar-refractivity contribution in [1.29, 1.82) is 0 Å². The van der Waals surface area contributed by atoms with Crippen molar-refractivity contribution in [3.63, 3.8) is 0 Å². The minimum atomic E-state index is -0.214. The predicted molar refractivity (Wildman–Crippen MR) is 101 cm³/mol. The van der Waals surface area contributed by atoms with Gasteiger partial charge in [-0.05, 0) is 30.2 Å². The van der Waals surface area contributed by atoms with Crippen LogP contribution in [0.2, 0.25) is 0 Å². The third-order valence-electron chi connectivity index (χ3n) is 4.13. The second kappa shape index (κ2) is 7.87. The van der Waals surface area contributed by atoms with Crippen LogP contribution in [0.4, 0.5) is 0 Å². The van der Waals surface area contributed by atoms with Crippen molar-refractivity contribution in [2.75, 3.05) is 20.8 Å². The molecule has 0 spiro atoms. The molecule has 1 heterocycles. The van der Waals surface area contributed by atoms with Gasteiger partial charge in [0.1, 0.15) is 0 Å². The smallest absolute Gasteiger partial charge is 0.310 e. The Balaban J connectivity index is 1.89. The number of ether oxygens (including phenoxy) is 3. The first-order valence-electron chi connectivity index (χ1n) is 8.41. The van der Waals surface area contributed by atoms with Crippen LogP contribution >= 0.6 is 0 Å². The number of fused-ring (bicyclic) bond motifs is 1. The number of carbonyl (C=O) groups is 1. The van der Waals surface area contributed by atoms with Crippen molar-refractivity contribution in [2.45, 2.75) is 13.3 Å². The minimum absolute atomic E-state index is 0.214.